The van der Waals surface area contributed by atoms with Gasteiger partial charge in [0.15, 0.2) is 0 Å². The summed E-state index contributed by atoms with van der Waals surface area (Å²) in [6.07, 6.45) is 2.43. The highest BCUT2D eigenvalue weighted by molar-refractivity contribution is 5.84. The van der Waals surface area contributed by atoms with Gasteiger partial charge in [0.2, 0.25) is 0 Å². The largest absolute Gasteiger partial charge is 0.491 e. The number of aliphatic hydroxyl groups is 1. The van der Waals surface area contributed by atoms with Crippen LogP contribution in [0.3, 0.4) is 0 Å². The van der Waals surface area contributed by atoms with Crippen molar-refractivity contribution in [2.24, 2.45) is 5.41 Å². The Morgan fingerprint density at radius 3 is 2.39 bits per heavy atom. The Bertz CT molecular complexity index is 991. The minimum absolute atomic E-state index is 0.0973. The van der Waals surface area contributed by atoms with Crippen molar-refractivity contribution in [2.45, 2.75) is 32.8 Å². The second kappa shape index (κ2) is 12.3. The Morgan fingerprint density at radius 2 is 1.82 bits per heavy atom. The van der Waals surface area contributed by atoms with Crippen LogP contribution in [-0.2, 0) is 9.53 Å². The Kier molecular flexibility index (Phi) is 9.45. The molecule has 8 heteroatoms. The summed E-state index contributed by atoms with van der Waals surface area (Å²) in [5.74, 6) is -0.434. The topological polar surface area (TPSA) is 129 Å². The molecular weight excluding hydrogens is 424 g/mol. The Balaban J connectivity index is 2.20. The van der Waals surface area contributed by atoms with Crippen molar-refractivity contribution in [3.8, 4) is 11.8 Å². The summed E-state index contributed by atoms with van der Waals surface area (Å²) in [4.78, 5) is 23.4. The van der Waals surface area contributed by atoms with E-state index in [1.807, 2.05) is 19.9 Å². The molecule has 33 heavy (non-hydrogen) atoms. The maximum absolute atomic E-state index is 12.7. The number of allylic oxidation sites excluding steroid dienone is 1. The number of hydrogen-bond acceptors (Lipinski definition) is 6. The lowest BCUT2D eigenvalue weighted by Gasteiger charge is -2.34. The number of anilines is 1. The maximum Gasteiger partial charge on any atom is 0.412 e. The van der Waals surface area contributed by atoms with Gasteiger partial charge in [-0.15, -0.1) is 0 Å². The van der Waals surface area contributed by atoms with Crippen molar-refractivity contribution in [1.29, 1.82) is 5.26 Å². The van der Waals surface area contributed by atoms with E-state index in [-0.39, 0.29) is 13.2 Å². The predicted molar refractivity (Wildman–Crippen MR) is 123 cm³/mol. The lowest BCUT2D eigenvalue weighted by molar-refractivity contribution is -0.131. The molecule has 0 fully saturated rings. The highest BCUT2D eigenvalue weighted by Crippen LogP contribution is 2.41. The van der Waals surface area contributed by atoms with Gasteiger partial charge in [0.25, 0.3) is 0 Å². The van der Waals surface area contributed by atoms with Crippen LogP contribution in [0, 0.1) is 16.7 Å². The first-order chi connectivity index (χ1) is 15.7. The molecule has 2 aromatic carbocycles. The zero-order valence-electron chi connectivity index (χ0n) is 18.7. The number of ether oxygens (including phenoxy) is 2. The third kappa shape index (κ3) is 8.31. The molecular formula is C25H28N2O6. The van der Waals surface area contributed by atoms with E-state index in [2.05, 4.69) is 5.32 Å². The molecule has 0 radical (unpaired) electrons. The van der Waals surface area contributed by atoms with E-state index in [9.17, 15) is 9.59 Å². The zero-order valence-corrected chi connectivity index (χ0v) is 18.7. The number of rotatable bonds is 11. The second-order valence-corrected chi connectivity index (χ2v) is 8.01. The number of nitriles is 1. The Labute approximate surface area is 193 Å². The Morgan fingerprint density at radius 1 is 1.15 bits per heavy atom. The fourth-order valence-corrected chi connectivity index (χ4v) is 3.23. The molecule has 3 N–H and O–H groups in total. The number of aliphatic hydroxyl groups excluding tert-OH is 1. The molecule has 0 aliphatic rings. The molecule has 2 aromatic rings. The van der Waals surface area contributed by atoms with Crippen LogP contribution >= 0.6 is 0 Å². The van der Waals surface area contributed by atoms with Crippen LogP contribution in [0.15, 0.2) is 60.7 Å². The normalized spacial score (nSPS) is 12.1. The van der Waals surface area contributed by atoms with Crippen molar-refractivity contribution < 1.29 is 29.3 Å². The van der Waals surface area contributed by atoms with Crippen LogP contribution in [0.4, 0.5) is 10.5 Å². The molecule has 8 nitrogen and oxygen atoms in total. The molecule has 2 rings (SSSR count). The molecule has 0 aromatic heterocycles. The first-order valence-electron chi connectivity index (χ1n) is 10.5. The van der Waals surface area contributed by atoms with E-state index >= 15 is 0 Å². The minimum Gasteiger partial charge on any atom is -0.491 e. The monoisotopic (exact) mass is 452 g/mol. The summed E-state index contributed by atoms with van der Waals surface area (Å²) in [7, 11) is 0. The number of carbonyl (C=O) groups excluding carboxylic acids is 1. The third-order valence-electron chi connectivity index (χ3n) is 4.95. The van der Waals surface area contributed by atoms with Crippen molar-refractivity contribution in [1.82, 2.24) is 0 Å². The van der Waals surface area contributed by atoms with Crippen LogP contribution in [-0.4, -0.2) is 35.5 Å². The third-order valence-corrected chi connectivity index (χ3v) is 4.95. The zero-order chi connectivity index (χ0) is 24.3. The van der Waals surface area contributed by atoms with Crippen molar-refractivity contribution in [3.63, 3.8) is 0 Å². The van der Waals surface area contributed by atoms with Crippen LogP contribution in [0.2, 0.25) is 0 Å². The van der Waals surface area contributed by atoms with E-state index in [1.165, 1.54) is 0 Å². The number of nitrogens with one attached hydrogen (secondary N) is 1. The first kappa shape index (κ1) is 25.4. The molecule has 174 valence electrons. The van der Waals surface area contributed by atoms with Gasteiger partial charge in [-0.1, -0.05) is 32.1 Å². The predicted octanol–water partition coefficient (Wildman–Crippen LogP) is 4.67. The van der Waals surface area contributed by atoms with Gasteiger partial charge in [-0.05, 0) is 54.8 Å². The molecule has 0 heterocycles. The standard InChI is InChI=1S/C25H28N2O6/c1-25(2,14-4-3-5-22(29)30)23(19-8-12-21(13-9-19)32-16-15-28)33-24(31)27-20-10-6-18(17-26)7-11-20/h3,5-13,23,28H,4,14-16H2,1-2H3,(H,27,31)(H,29,30)/b5-3+/t23-/m1/s1. The van der Waals surface area contributed by atoms with Gasteiger partial charge in [-0.3, -0.25) is 5.32 Å². The number of carbonyl (C=O) groups is 2. The molecule has 1 amide bonds. The van der Waals surface area contributed by atoms with Crippen LogP contribution in [0.1, 0.15) is 43.9 Å². The van der Waals surface area contributed by atoms with Gasteiger partial charge in [0.05, 0.1) is 18.2 Å². The first-order valence-corrected chi connectivity index (χ1v) is 10.5. The number of nitrogens with zero attached hydrogens (tertiary/aromatic N) is 1. The lowest BCUT2D eigenvalue weighted by atomic mass is 9.78. The molecule has 0 aliphatic carbocycles. The molecule has 0 spiro atoms. The van der Waals surface area contributed by atoms with Crippen molar-refractivity contribution in [2.75, 3.05) is 18.5 Å². The number of hydrogen-bond donors (Lipinski definition) is 3. The molecule has 0 bridgehead atoms. The quantitative estimate of drug-likeness (QED) is 0.423. The summed E-state index contributed by atoms with van der Waals surface area (Å²) < 4.78 is 11.2. The summed E-state index contributed by atoms with van der Waals surface area (Å²) in [6.45, 7) is 3.96. The van der Waals surface area contributed by atoms with E-state index < -0.39 is 23.6 Å². The van der Waals surface area contributed by atoms with Gasteiger partial charge in [0.1, 0.15) is 18.5 Å². The smallest absolute Gasteiger partial charge is 0.412 e. The summed E-state index contributed by atoms with van der Waals surface area (Å²) in [6, 6.07) is 15.5. The summed E-state index contributed by atoms with van der Waals surface area (Å²) in [5.41, 5.74) is 1.19. The Hall–Kier alpha value is -3.83. The highest BCUT2D eigenvalue weighted by Gasteiger charge is 2.34. The van der Waals surface area contributed by atoms with Crippen LogP contribution in [0.5, 0.6) is 5.75 Å². The lowest BCUT2D eigenvalue weighted by Crippen LogP contribution is -2.29. The van der Waals surface area contributed by atoms with Gasteiger partial charge < -0.3 is 19.7 Å². The number of aliphatic carboxylic acids is 1. The number of carboxylic acids is 1. The van der Waals surface area contributed by atoms with E-state index in [4.69, 9.17) is 24.9 Å². The van der Waals surface area contributed by atoms with E-state index in [0.717, 1.165) is 11.6 Å². The average Bonchev–Trinajstić information content (AvgIpc) is 2.79. The van der Waals surface area contributed by atoms with Gasteiger partial charge in [-0.25, -0.2) is 9.59 Å². The number of amides is 1. The fraction of sp³-hybridized carbons (Fsp3) is 0.320. The maximum atomic E-state index is 12.7. The average molecular weight is 453 g/mol. The molecule has 1 atom stereocenters. The van der Waals surface area contributed by atoms with Gasteiger partial charge in [-0.2, -0.15) is 5.26 Å². The van der Waals surface area contributed by atoms with E-state index in [1.54, 1.807) is 54.6 Å². The molecule has 0 unspecified atom stereocenters. The van der Waals surface area contributed by atoms with Crippen molar-refractivity contribution in [3.05, 3.63) is 71.8 Å². The van der Waals surface area contributed by atoms with E-state index in [0.29, 0.717) is 29.8 Å². The van der Waals surface area contributed by atoms with Crippen molar-refractivity contribution >= 4 is 17.7 Å². The second-order valence-electron chi connectivity index (χ2n) is 8.01. The summed E-state index contributed by atoms with van der Waals surface area (Å²) in [5, 5.41) is 29.3. The van der Waals surface area contributed by atoms with Gasteiger partial charge in [0, 0.05) is 17.2 Å². The summed E-state index contributed by atoms with van der Waals surface area (Å²) >= 11 is 0. The fourth-order valence-electron chi connectivity index (χ4n) is 3.23. The minimum atomic E-state index is -1.01. The highest BCUT2D eigenvalue weighted by atomic mass is 16.6. The molecule has 0 saturated heterocycles. The number of carboxylic acid groups (broad SMARTS) is 1. The molecule has 0 saturated carbocycles. The van der Waals surface area contributed by atoms with Crippen LogP contribution in [0.25, 0.3) is 0 Å². The number of benzene rings is 2. The SMILES string of the molecule is CC(C)(CC/C=C/C(=O)O)[C@H](OC(=O)Nc1ccc(C#N)cc1)c1ccc(OCCO)cc1. The van der Waals surface area contributed by atoms with Crippen LogP contribution < -0.4 is 10.1 Å². The molecule has 0 aliphatic heterocycles. The van der Waals surface area contributed by atoms with Gasteiger partial charge >= 0.3 is 12.1 Å².